The van der Waals surface area contributed by atoms with Crippen LogP contribution in [0.15, 0.2) is 34.9 Å². The fraction of sp³-hybridized carbons (Fsp3) is 0.600. The molecule has 0 amide bonds. The lowest BCUT2D eigenvalue weighted by molar-refractivity contribution is -0.199. The second kappa shape index (κ2) is 6.00. The average Bonchev–Trinajstić information content (AvgIpc) is 3.15. The van der Waals surface area contributed by atoms with Crippen LogP contribution in [0.4, 0.5) is 0 Å². The van der Waals surface area contributed by atoms with E-state index in [1.165, 1.54) is 6.42 Å². The maximum absolute atomic E-state index is 6.51. The molecule has 0 spiro atoms. The summed E-state index contributed by atoms with van der Waals surface area (Å²) in [7, 11) is -0.334. The van der Waals surface area contributed by atoms with E-state index in [1.54, 1.807) is 0 Å². The third-order valence-corrected chi connectivity index (χ3v) is 7.34. The van der Waals surface area contributed by atoms with Crippen LogP contribution in [-0.2, 0) is 15.7 Å². The zero-order valence-electron chi connectivity index (χ0n) is 15.6. The first-order chi connectivity index (χ1) is 11.9. The highest BCUT2D eigenvalue weighted by Crippen LogP contribution is 2.65. The summed E-state index contributed by atoms with van der Waals surface area (Å²) in [6.07, 6.45) is 5.05. The monoisotopic (exact) mass is 375 g/mol. The van der Waals surface area contributed by atoms with Gasteiger partial charge in [0.25, 0.3) is 0 Å². The van der Waals surface area contributed by atoms with E-state index in [9.17, 15) is 0 Å². The number of furan rings is 1. The molecule has 5 atom stereocenters. The number of halogens is 1. The van der Waals surface area contributed by atoms with Crippen LogP contribution in [0.3, 0.4) is 0 Å². The van der Waals surface area contributed by atoms with Gasteiger partial charge in [0.15, 0.2) is 0 Å². The lowest BCUT2D eigenvalue weighted by atomic mass is 9.43. The molecule has 26 heavy (non-hydrogen) atoms. The minimum absolute atomic E-state index is 0. The van der Waals surface area contributed by atoms with Crippen LogP contribution in [0.25, 0.3) is 11.0 Å². The summed E-state index contributed by atoms with van der Waals surface area (Å²) in [5, 5.41) is 1.13. The molecule has 0 radical (unpaired) electrons. The van der Waals surface area contributed by atoms with Crippen molar-refractivity contribution in [1.82, 2.24) is 0 Å². The van der Waals surface area contributed by atoms with E-state index >= 15 is 0 Å². The van der Waals surface area contributed by atoms with Crippen LogP contribution in [0.1, 0.15) is 39.2 Å². The molecule has 2 N–H and O–H groups in total. The molecule has 1 saturated heterocycles. The van der Waals surface area contributed by atoms with Crippen LogP contribution in [-0.4, -0.2) is 24.8 Å². The Labute approximate surface area is 161 Å². The van der Waals surface area contributed by atoms with E-state index in [1.807, 2.05) is 24.5 Å². The maximum Gasteiger partial charge on any atom is 0.475 e. The number of hydrogen-bond acceptors (Lipinski definition) is 4. The van der Waals surface area contributed by atoms with Crippen molar-refractivity contribution in [2.24, 2.45) is 23.0 Å². The lowest BCUT2D eigenvalue weighted by Crippen LogP contribution is -2.65. The predicted molar refractivity (Wildman–Crippen MR) is 105 cm³/mol. The molecule has 4 nitrogen and oxygen atoms in total. The molecule has 1 aliphatic heterocycles. The standard InChI is InChI=1S/C20H26BNO3.ClH/c1-19(2)13-9-16(19)20(3)17(10-13)24-21(25-20)18(22)8-12-11-23-15-7-5-4-6-14(12)15;/h4-7,11,13,16-18H,8-10,22H2,1-3H3;1H/t13?,16?,17-,18+,20+;/m1./s1. The highest BCUT2D eigenvalue weighted by molar-refractivity contribution is 6.47. The molecule has 6 heteroatoms. The number of rotatable bonds is 3. The molecule has 1 aromatic carbocycles. The first-order valence-corrected chi connectivity index (χ1v) is 9.43. The highest BCUT2D eigenvalue weighted by atomic mass is 35.5. The van der Waals surface area contributed by atoms with Crippen molar-refractivity contribution < 1.29 is 13.7 Å². The van der Waals surface area contributed by atoms with Gasteiger partial charge in [-0.05, 0) is 55.1 Å². The van der Waals surface area contributed by atoms with Gasteiger partial charge in [0.1, 0.15) is 5.58 Å². The van der Waals surface area contributed by atoms with E-state index in [0.717, 1.165) is 28.9 Å². The van der Waals surface area contributed by atoms with Crippen molar-refractivity contribution in [2.45, 2.75) is 57.7 Å². The smallest absolute Gasteiger partial charge is 0.464 e. The summed E-state index contributed by atoms with van der Waals surface area (Å²) in [5.74, 6) is 1.13. The summed E-state index contributed by atoms with van der Waals surface area (Å²) in [6, 6.07) is 8.08. The van der Waals surface area contributed by atoms with Gasteiger partial charge in [0.05, 0.1) is 18.0 Å². The van der Waals surface area contributed by atoms with E-state index in [-0.39, 0.29) is 37.2 Å². The summed E-state index contributed by atoms with van der Waals surface area (Å²) in [5.41, 5.74) is 8.70. The van der Waals surface area contributed by atoms with Crippen LogP contribution >= 0.6 is 12.4 Å². The van der Waals surface area contributed by atoms with Crippen molar-refractivity contribution >= 4 is 30.5 Å². The van der Waals surface area contributed by atoms with Crippen molar-refractivity contribution in [3.05, 3.63) is 36.1 Å². The zero-order chi connectivity index (χ0) is 17.4. The molecule has 2 bridgehead atoms. The van der Waals surface area contributed by atoms with Gasteiger partial charge < -0.3 is 19.5 Å². The molecule has 2 aromatic rings. The van der Waals surface area contributed by atoms with Gasteiger partial charge in [-0.2, -0.15) is 0 Å². The summed E-state index contributed by atoms with van der Waals surface area (Å²) >= 11 is 0. The lowest BCUT2D eigenvalue weighted by Gasteiger charge is -2.64. The normalized spacial score (nSPS) is 35.5. The van der Waals surface area contributed by atoms with Crippen LogP contribution in [0, 0.1) is 17.3 Å². The molecule has 3 saturated carbocycles. The van der Waals surface area contributed by atoms with Gasteiger partial charge in [-0.15, -0.1) is 12.4 Å². The van der Waals surface area contributed by atoms with Crippen LogP contribution < -0.4 is 5.73 Å². The predicted octanol–water partition coefficient (Wildman–Crippen LogP) is 3.99. The van der Waals surface area contributed by atoms with E-state index in [0.29, 0.717) is 17.8 Å². The van der Waals surface area contributed by atoms with Gasteiger partial charge in [-0.3, -0.25) is 0 Å². The van der Waals surface area contributed by atoms with Gasteiger partial charge in [-0.25, -0.2) is 0 Å². The fourth-order valence-electron chi connectivity index (χ4n) is 5.62. The van der Waals surface area contributed by atoms with Crippen molar-refractivity contribution in [1.29, 1.82) is 0 Å². The molecule has 2 heterocycles. The molecule has 4 fully saturated rings. The number of para-hydroxylation sites is 1. The Bertz CT molecular complexity index is 824. The molecule has 6 rings (SSSR count). The zero-order valence-corrected chi connectivity index (χ0v) is 16.4. The number of hydrogen-bond donors (Lipinski definition) is 1. The molecular weight excluding hydrogens is 348 g/mol. The summed E-state index contributed by atoms with van der Waals surface area (Å²) in [6.45, 7) is 6.99. The topological polar surface area (TPSA) is 57.6 Å². The molecule has 3 aliphatic carbocycles. The van der Waals surface area contributed by atoms with Gasteiger partial charge in [0, 0.05) is 11.3 Å². The third-order valence-electron chi connectivity index (χ3n) is 7.34. The first-order valence-electron chi connectivity index (χ1n) is 9.43. The maximum atomic E-state index is 6.51. The van der Waals surface area contributed by atoms with Gasteiger partial charge in [-0.1, -0.05) is 32.0 Å². The van der Waals surface area contributed by atoms with E-state index in [2.05, 4.69) is 26.8 Å². The van der Waals surface area contributed by atoms with Crippen LogP contribution in [0.2, 0.25) is 0 Å². The second-order valence-corrected chi connectivity index (χ2v) is 8.96. The Kier molecular flexibility index (Phi) is 4.24. The van der Waals surface area contributed by atoms with Crippen molar-refractivity contribution in [2.75, 3.05) is 0 Å². The molecule has 140 valence electrons. The number of benzene rings is 1. The first kappa shape index (κ1) is 18.4. The van der Waals surface area contributed by atoms with Crippen molar-refractivity contribution in [3.63, 3.8) is 0 Å². The third kappa shape index (κ3) is 2.41. The SMILES string of the molecule is CC1(C)C2CC1[C@]1(C)OB([C@@H](N)Cc3coc4ccccc34)O[C@@H]1C2.Cl. The van der Waals surface area contributed by atoms with Crippen molar-refractivity contribution in [3.8, 4) is 0 Å². The number of fused-ring (bicyclic) bond motifs is 1. The Morgan fingerprint density at radius 3 is 2.77 bits per heavy atom. The van der Waals surface area contributed by atoms with Gasteiger partial charge in [0.2, 0.25) is 0 Å². The minimum Gasteiger partial charge on any atom is -0.464 e. The second-order valence-electron chi connectivity index (χ2n) is 8.96. The Balaban J connectivity index is 0.00000168. The Hall–Kier alpha value is -1.01. The number of nitrogens with two attached hydrogens (primary N) is 1. The van der Waals surface area contributed by atoms with Crippen LogP contribution in [0.5, 0.6) is 0 Å². The largest absolute Gasteiger partial charge is 0.475 e. The summed E-state index contributed by atoms with van der Waals surface area (Å²) < 4.78 is 18.4. The fourth-order valence-corrected chi connectivity index (χ4v) is 5.62. The van der Waals surface area contributed by atoms with E-state index in [4.69, 9.17) is 19.5 Å². The van der Waals surface area contributed by atoms with Gasteiger partial charge >= 0.3 is 7.12 Å². The minimum atomic E-state index is -0.334. The average molecular weight is 376 g/mol. The van der Waals surface area contributed by atoms with E-state index < -0.39 is 0 Å². The molecule has 4 aliphatic rings. The highest BCUT2D eigenvalue weighted by Gasteiger charge is 2.68. The quantitative estimate of drug-likeness (QED) is 0.824. The Morgan fingerprint density at radius 2 is 2.00 bits per heavy atom. The molecular formula is C20H27BClNO3. The molecule has 1 aromatic heterocycles. The summed E-state index contributed by atoms with van der Waals surface area (Å²) in [4.78, 5) is 0. The molecule has 2 unspecified atom stereocenters. The Morgan fingerprint density at radius 1 is 1.23 bits per heavy atom.